The monoisotopic (exact) mass is 171 g/mol. The van der Waals surface area contributed by atoms with Gasteiger partial charge in [-0.3, -0.25) is 9.78 Å². The zero-order valence-electron chi connectivity index (χ0n) is 5.61. The van der Waals surface area contributed by atoms with E-state index in [1.165, 1.54) is 0 Å². The summed E-state index contributed by atoms with van der Waals surface area (Å²) in [4.78, 5) is 14.7. The van der Waals surface area contributed by atoms with Crippen molar-refractivity contribution in [2.24, 2.45) is 0 Å². The molecule has 58 valence electrons. The zero-order valence-corrected chi connectivity index (χ0v) is 6.43. The molecule has 1 aromatic rings. The number of pyridine rings is 1. The molecule has 1 aliphatic heterocycles. The topological polar surface area (TPSA) is 39.2 Å². The molecule has 0 atom stereocenters. The van der Waals surface area contributed by atoms with Crippen LogP contribution in [0.1, 0.15) is 10.4 Å². The highest BCUT2D eigenvalue weighted by atomic mass is 35.5. The Morgan fingerprint density at radius 2 is 2.36 bits per heavy atom. The molecule has 0 aliphatic carbocycles. The molecule has 0 N–H and O–H groups in total. The first kappa shape index (κ1) is 8.01. The number of ketones is 1. The van der Waals surface area contributed by atoms with Crippen molar-refractivity contribution in [3.05, 3.63) is 24.0 Å². The van der Waals surface area contributed by atoms with Crippen molar-refractivity contribution in [2.45, 2.75) is 0 Å². The maximum absolute atomic E-state index is 10.9. The molecule has 0 bridgehead atoms. The SMILES string of the molecule is Cl.O=C1COc2cnccc21. The Balaban J connectivity index is 0.000000605. The standard InChI is InChI=1S/C7H5NO2.ClH/c9-6-4-10-7-3-8-2-1-5(6)7;/h1-3H,4H2;1H. The largest absolute Gasteiger partial charge is 0.483 e. The summed E-state index contributed by atoms with van der Waals surface area (Å²) in [6.07, 6.45) is 3.14. The van der Waals surface area contributed by atoms with E-state index >= 15 is 0 Å². The summed E-state index contributed by atoms with van der Waals surface area (Å²) in [7, 11) is 0. The number of hydrogen-bond donors (Lipinski definition) is 0. The van der Waals surface area contributed by atoms with Gasteiger partial charge < -0.3 is 4.74 Å². The molecule has 0 saturated carbocycles. The number of aromatic nitrogens is 1. The minimum atomic E-state index is 0. The summed E-state index contributed by atoms with van der Waals surface area (Å²) in [6.45, 7) is 0.168. The maximum Gasteiger partial charge on any atom is 0.204 e. The molecule has 0 saturated heterocycles. The maximum atomic E-state index is 10.9. The summed E-state index contributed by atoms with van der Waals surface area (Å²) in [5.74, 6) is 0.643. The average Bonchev–Trinajstić information content (AvgIpc) is 2.34. The van der Waals surface area contributed by atoms with Gasteiger partial charge in [0.1, 0.15) is 5.75 Å². The molecule has 1 aliphatic rings. The average molecular weight is 172 g/mol. The molecule has 0 unspecified atom stereocenters. The lowest BCUT2D eigenvalue weighted by atomic mass is 10.2. The van der Waals surface area contributed by atoms with Gasteiger partial charge in [-0.25, -0.2) is 0 Å². The number of carbonyl (C=O) groups excluding carboxylic acids is 1. The van der Waals surface area contributed by atoms with Gasteiger partial charge >= 0.3 is 0 Å². The Morgan fingerprint density at radius 1 is 1.55 bits per heavy atom. The van der Waals surface area contributed by atoms with E-state index in [2.05, 4.69) is 4.98 Å². The predicted molar refractivity (Wildman–Crippen MR) is 41.3 cm³/mol. The van der Waals surface area contributed by atoms with Gasteiger partial charge in [-0.2, -0.15) is 0 Å². The van der Waals surface area contributed by atoms with Crippen LogP contribution < -0.4 is 4.74 Å². The summed E-state index contributed by atoms with van der Waals surface area (Å²) >= 11 is 0. The molecule has 0 amide bonds. The third-order valence-corrected chi connectivity index (χ3v) is 1.44. The third-order valence-electron chi connectivity index (χ3n) is 1.44. The number of fused-ring (bicyclic) bond motifs is 1. The van der Waals surface area contributed by atoms with Crippen molar-refractivity contribution in [3.8, 4) is 5.75 Å². The highest BCUT2D eigenvalue weighted by Crippen LogP contribution is 2.22. The van der Waals surface area contributed by atoms with Crippen molar-refractivity contribution >= 4 is 18.2 Å². The second-order valence-corrected chi connectivity index (χ2v) is 2.08. The lowest BCUT2D eigenvalue weighted by Gasteiger charge is -1.91. The highest BCUT2D eigenvalue weighted by Gasteiger charge is 2.19. The molecule has 0 radical (unpaired) electrons. The molecule has 0 fully saturated rings. The summed E-state index contributed by atoms with van der Waals surface area (Å²) < 4.78 is 5.00. The van der Waals surface area contributed by atoms with E-state index < -0.39 is 0 Å². The molecule has 0 spiro atoms. The predicted octanol–water partition coefficient (Wildman–Crippen LogP) is 1.08. The molecule has 0 aromatic carbocycles. The number of halogens is 1. The Bertz CT molecular complexity index is 288. The lowest BCUT2D eigenvalue weighted by Crippen LogP contribution is -1.98. The van der Waals surface area contributed by atoms with Crippen molar-refractivity contribution < 1.29 is 9.53 Å². The number of Topliss-reactive ketones (excluding diaryl/α,β-unsaturated/α-hetero) is 1. The van der Waals surface area contributed by atoms with Crippen LogP contribution in [-0.4, -0.2) is 17.4 Å². The van der Waals surface area contributed by atoms with Crippen LogP contribution in [0.2, 0.25) is 0 Å². The highest BCUT2D eigenvalue weighted by molar-refractivity contribution is 6.01. The van der Waals surface area contributed by atoms with Crippen LogP contribution in [0.4, 0.5) is 0 Å². The van der Waals surface area contributed by atoms with E-state index in [0.717, 1.165) is 0 Å². The van der Waals surface area contributed by atoms with Gasteiger partial charge in [0.05, 0.1) is 11.8 Å². The van der Waals surface area contributed by atoms with Crippen LogP contribution in [0.25, 0.3) is 0 Å². The Kier molecular flexibility index (Phi) is 2.10. The molecule has 2 heterocycles. The fourth-order valence-electron chi connectivity index (χ4n) is 0.946. The fourth-order valence-corrected chi connectivity index (χ4v) is 0.946. The van der Waals surface area contributed by atoms with Crippen LogP contribution >= 0.6 is 12.4 Å². The van der Waals surface area contributed by atoms with Gasteiger partial charge in [0.25, 0.3) is 0 Å². The third kappa shape index (κ3) is 1.19. The van der Waals surface area contributed by atoms with Gasteiger partial charge in [-0.05, 0) is 6.07 Å². The number of nitrogens with zero attached hydrogens (tertiary/aromatic N) is 1. The van der Waals surface area contributed by atoms with E-state index in [4.69, 9.17) is 4.74 Å². The Labute approximate surface area is 69.8 Å². The van der Waals surface area contributed by atoms with E-state index in [-0.39, 0.29) is 24.8 Å². The molecular formula is C7H6ClNO2. The van der Waals surface area contributed by atoms with E-state index in [1.54, 1.807) is 18.5 Å². The number of ether oxygens (including phenoxy) is 1. The lowest BCUT2D eigenvalue weighted by molar-refractivity contribution is 0.0961. The first-order valence-corrected chi connectivity index (χ1v) is 2.98. The molecular weight excluding hydrogens is 166 g/mol. The quantitative estimate of drug-likeness (QED) is 0.587. The summed E-state index contributed by atoms with van der Waals surface area (Å²) in [6, 6.07) is 1.67. The van der Waals surface area contributed by atoms with Crippen molar-refractivity contribution in [2.75, 3.05) is 6.61 Å². The Morgan fingerprint density at radius 3 is 3.09 bits per heavy atom. The van der Waals surface area contributed by atoms with Gasteiger partial charge in [0.15, 0.2) is 6.61 Å². The van der Waals surface area contributed by atoms with E-state index in [9.17, 15) is 4.79 Å². The van der Waals surface area contributed by atoms with Crippen LogP contribution in [0.3, 0.4) is 0 Å². The number of rotatable bonds is 0. The first-order valence-electron chi connectivity index (χ1n) is 2.98. The molecule has 1 aromatic heterocycles. The van der Waals surface area contributed by atoms with E-state index in [1.807, 2.05) is 0 Å². The van der Waals surface area contributed by atoms with Crippen LogP contribution in [0.15, 0.2) is 18.5 Å². The smallest absolute Gasteiger partial charge is 0.204 e. The molecule has 3 nitrogen and oxygen atoms in total. The van der Waals surface area contributed by atoms with Gasteiger partial charge in [-0.1, -0.05) is 0 Å². The number of hydrogen-bond acceptors (Lipinski definition) is 3. The number of carbonyl (C=O) groups is 1. The van der Waals surface area contributed by atoms with Crippen LogP contribution in [-0.2, 0) is 0 Å². The molecule has 4 heteroatoms. The van der Waals surface area contributed by atoms with Crippen LogP contribution in [0.5, 0.6) is 5.75 Å². The van der Waals surface area contributed by atoms with Crippen molar-refractivity contribution in [1.82, 2.24) is 4.98 Å². The summed E-state index contributed by atoms with van der Waals surface area (Å²) in [5.41, 5.74) is 0.648. The molecule has 2 rings (SSSR count). The Hall–Kier alpha value is -1.09. The second kappa shape index (κ2) is 2.88. The van der Waals surface area contributed by atoms with Crippen LogP contribution in [0, 0.1) is 0 Å². The van der Waals surface area contributed by atoms with Gasteiger partial charge in [0, 0.05) is 6.20 Å². The fraction of sp³-hybridized carbons (Fsp3) is 0.143. The van der Waals surface area contributed by atoms with Gasteiger partial charge in [-0.15, -0.1) is 12.4 Å². The normalized spacial score (nSPS) is 13.3. The second-order valence-electron chi connectivity index (χ2n) is 2.08. The van der Waals surface area contributed by atoms with Crippen molar-refractivity contribution in [1.29, 1.82) is 0 Å². The van der Waals surface area contributed by atoms with Gasteiger partial charge in [0.2, 0.25) is 5.78 Å². The van der Waals surface area contributed by atoms with Crippen molar-refractivity contribution in [3.63, 3.8) is 0 Å². The first-order chi connectivity index (χ1) is 4.88. The minimum Gasteiger partial charge on any atom is -0.483 e. The molecule has 11 heavy (non-hydrogen) atoms. The summed E-state index contributed by atoms with van der Waals surface area (Å²) in [5, 5.41) is 0. The van der Waals surface area contributed by atoms with E-state index in [0.29, 0.717) is 11.3 Å². The zero-order chi connectivity index (χ0) is 6.97. The minimum absolute atomic E-state index is 0.